The summed E-state index contributed by atoms with van der Waals surface area (Å²) in [4.78, 5) is 21.8. The second-order valence-electron chi connectivity index (χ2n) is 8.59. The average molecular weight is 567 g/mol. The fourth-order valence-corrected chi connectivity index (χ4v) is 4.42. The number of pyridine rings is 4. The number of hydrogen-bond acceptors (Lipinski definition) is 8. The van der Waals surface area contributed by atoms with Gasteiger partial charge in [0.1, 0.15) is 11.4 Å². The summed E-state index contributed by atoms with van der Waals surface area (Å²) in [6, 6.07) is 22.6. The fraction of sp³-hybridized carbons (Fsp3) is 0.143. The maximum atomic E-state index is 5.65. The SMILES string of the molecule is S=C(NN=C(c1ccccn1)c1ccccn1)N1CCN(C(=S)NN=C(c2ccccn2)c2ccccn2)CC1. The number of hydrogen-bond donors (Lipinski definition) is 2. The van der Waals surface area contributed by atoms with Crippen LogP contribution in [0.5, 0.6) is 0 Å². The minimum absolute atomic E-state index is 0.522. The molecule has 0 spiro atoms. The molecular formula is C28H26N10S2. The maximum Gasteiger partial charge on any atom is 0.189 e. The van der Waals surface area contributed by atoms with Gasteiger partial charge in [-0.15, -0.1) is 0 Å². The van der Waals surface area contributed by atoms with Crippen LogP contribution in [0, 0.1) is 0 Å². The first-order valence-electron chi connectivity index (χ1n) is 12.6. The van der Waals surface area contributed by atoms with E-state index in [0.29, 0.717) is 70.6 Å². The third kappa shape index (κ3) is 6.84. The lowest BCUT2D eigenvalue weighted by atomic mass is 10.1. The minimum atomic E-state index is 0.522. The van der Waals surface area contributed by atoms with Crippen molar-refractivity contribution in [2.75, 3.05) is 26.2 Å². The van der Waals surface area contributed by atoms with E-state index in [0.717, 1.165) is 0 Å². The van der Waals surface area contributed by atoms with Gasteiger partial charge in [0.2, 0.25) is 0 Å². The molecular weight excluding hydrogens is 541 g/mol. The summed E-state index contributed by atoms with van der Waals surface area (Å²) >= 11 is 11.3. The molecule has 0 radical (unpaired) electrons. The first-order chi connectivity index (χ1) is 19.7. The predicted molar refractivity (Wildman–Crippen MR) is 163 cm³/mol. The van der Waals surface area contributed by atoms with E-state index < -0.39 is 0 Å². The molecule has 0 saturated carbocycles. The highest BCUT2D eigenvalue weighted by Crippen LogP contribution is 2.09. The van der Waals surface area contributed by atoms with Crippen molar-refractivity contribution in [2.45, 2.75) is 0 Å². The van der Waals surface area contributed by atoms with Gasteiger partial charge in [-0.25, -0.2) is 0 Å². The molecule has 5 heterocycles. The number of rotatable bonds is 6. The molecule has 1 aliphatic rings. The Hall–Kier alpha value is -4.68. The summed E-state index contributed by atoms with van der Waals surface area (Å²) in [5, 5.41) is 10.2. The zero-order valence-corrected chi connectivity index (χ0v) is 23.1. The summed E-state index contributed by atoms with van der Waals surface area (Å²) in [5.41, 5.74) is 10.1. The van der Waals surface area contributed by atoms with E-state index in [9.17, 15) is 0 Å². The zero-order chi connectivity index (χ0) is 27.6. The molecule has 40 heavy (non-hydrogen) atoms. The van der Waals surface area contributed by atoms with Crippen molar-refractivity contribution in [1.29, 1.82) is 0 Å². The Morgan fingerprint density at radius 3 is 1.07 bits per heavy atom. The van der Waals surface area contributed by atoms with Gasteiger partial charge in [-0.1, -0.05) is 24.3 Å². The van der Waals surface area contributed by atoms with Crippen LogP contribution in [0.1, 0.15) is 22.8 Å². The molecule has 0 bridgehead atoms. The average Bonchev–Trinajstić information content (AvgIpc) is 3.03. The van der Waals surface area contributed by atoms with Crippen molar-refractivity contribution in [3.05, 3.63) is 120 Å². The van der Waals surface area contributed by atoms with Crippen LogP contribution in [0.4, 0.5) is 0 Å². The van der Waals surface area contributed by atoms with E-state index in [2.05, 4.69) is 50.8 Å². The van der Waals surface area contributed by atoms with E-state index in [-0.39, 0.29) is 0 Å². The number of aromatic nitrogens is 4. The topological polar surface area (TPSA) is 107 Å². The second kappa shape index (κ2) is 13.4. The van der Waals surface area contributed by atoms with Crippen LogP contribution in [0.25, 0.3) is 0 Å². The highest BCUT2D eigenvalue weighted by atomic mass is 32.1. The minimum Gasteiger partial charge on any atom is -0.344 e. The molecule has 0 unspecified atom stereocenters. The first kappa shape index (κ1) is 26.9. The Balaban J connectivity index is 1.20. The largest absolute Gasteiger partial charge is 0.344 e. The van der Waals surface area contributed by atoms with Crippen molar-refractivity contribution < 1.29 is 0 Å². The lowest BCUT2D eigenvalue weighted by molar-refractivity contribution is 0.255. The van der Waals surface area contributed by atoms with Gasteiger partial charge in [0.25, 0.3) is 0 Å². The third-order valence-corrected chi connectivity index (χ3v) is 6.71. The molecule has 0 aliphatic carbocycles. The Labute approximate surface area is 242 Å². The monoisotopic (exact) mass is 566 g/mol. The Bertz CT molecular complexity index is 1280. The van der Waals surface area contributed by atoms with Crippen molar-refractivity contribution in [3.8, 4) is 0 Å². The highest BCUT2D eigenvalue weighted by molar-refractivity contribution is 7.80. The van der Waals surface area contributed by atoms with Crippen LogP contribution < -0.4 is 10.9 Å². The number of hydrazone groups is 2. The van der Waals surface area contributed by atoms with E-state index in [4.69, 9.17) is 24.4 Å². The highest BCUT2D eigenvalue weighted by Gasteiger charge is 2.21. The van der Waals surface area contributed by atoms with Crippen LogP contribution in [0.15, 0.2) is 108 Å². The van der Waals surface area contributed by atoms with Gasteiger partial charge in [-0.3, -0.25) is 30.8 Å². The van der Waals surface area contributed by atoms with E-state index in [1.807, 2.05) is 72.8 Å². The summed E-state index contributed by atoms with van der Waals surface area (Å²) in [6.45, 7) is 2.68. The Kier molecular flexibility index (Phi) is 9.02. The standard InChI is InChI=1S/C28H26N10S2/c39-27(35-33-25(21-9-1-5-13-29-21)22-10-2-6-14-30-22)37-17-19-38(20-18-37)28(40)36-34-26(23-11-3-7-15-31-23)24-12-4-8-16-32-24/h1-16H,17-20H2,(H,35,39)(H,36,40). The summed E-state index contributed by atoms with van der Waals surface area (Å²) in [5.74, 6) is 0. The second-order valence-corrected chi connectivity index (χ2v) is 9.36. The maximum absolute atomic E-state index is 5.65. The zero-order valence-electron chi connectivity index (χ0n) is 21.5. The van der Waals surface area contributed by atoms with Gasteiger partial charge in [0.05, 0.1) is 22.8 Å². The Morgan fingerprint density at radius 1 is 0.525 bits per heavy atom. The molecule has 4 aromatic rings. The first-order valence-corrected chi connectivity index (χ1v) is 13.4. The number of piperazine rings is 1. The fourth-order valence-electron chi connectivity index (χ4n) is 3.96. The molecule has 5 rings (SSSR count). The molecule has 2 N–H and O–H groups in total. The molecule has 1 saturated heterocycles. The van der Waals surface area contributed by atoms with Crippen LogP contribution in [0.2, 0.25) is 0 Å². The summed E-state index contributed by atoms with van der Waals surface area (Å²) in [7, 11) is 0. The molecule has 4 aromatic heterocycles. The summed E-state index contributed by atoms with van der Waals surface area (Å²) in [6.07, 6.45) is 6.90. The molecule has 0 amide bonds. The Morgan fingerprint density at radius 2 is 0.825 bits per heavy atom. The molecule has 200 valence electrons. The van der Waals surface area contributed by atoms with Crippen molar-refractivity contribution in [2.24, 2.45) is 10.2 Å². The number of thiocarbonyl (C=S) groups is 2. The van der Waals surface area contributed by atoms with Gasteiger partial charge in [-0.2, -0.15) is 10.2 Å². The normalized spacial score (nSPS) is 12.7. The molecule has 0 aromatic carbocycles. The summed E-state index contributed by atoms with van der Waals surface area (Å²) < 4.78 is 0. The van der Waals surface area contributed by atoms with Crippen LogP contribution in [-0.2, 0) is 0 Å². The van der Waals surface area contributed by atoms with E-state index in [1.54, 1.807) is 24.8 Å². The van der Waals surface area contributed by atoms with Gasteiger partial charge < -0.3 is 9.80 Å². The smallest absolute Gasteiger partial charge is 0.189 e. The van der Waals surface area contributed by atoms with Crippen molar-refractivity contribution in [1.82, 2.24) is 40.6 Å². The lowest BCUT2D eigenvalue weighted by Crippen LogP contribution is -2.54. The van der Waals surface area contributed by atoms with Crippen LogP contribution in [-0.4, -0.2) is 77.6 Å². The molecule has 12 heteroatoms. The van der Waals surface area contributed by atoms with Gasteiger partial charge in [-0.05, 0) is 73.0 Å². The van der Waals surface area contributed by atoms with Gasteiger partial charge >= 0.3 is 0 Å². The molecule has 10 nitrogen and oxygen atoms in total. The number of nitrogens with zero attached hydrogens (tertiary/aromatic N) is 8. The molecule has 1 fully saturated rings. The van der Waals surface area contributed by atoms with Gasteiger partial charge in [0, 0.05) is 51.0 Å². The van der Waals surface area contributed by atoms with Crippen LogP contribution in [0.3, 0.4) is 0 Å². The van der Waals surface area contributed by atoms with Crippen molar-refractivity contribution in [3.63, 3.8) is 0 Å². The number of nitrogens with one attached hydrogen (secondary N) is 2. The van der Waals surface area contributed by atoms with Crippen LogP contribution >= 0.6 is 24.4 Å². The van der Waals surface area contributed by atoms with Gasteiger partial charge in [0.15, 0.2) is 10.2 Å². The molecule has 0 atom stereocenters. The third-order valence-electron chi connectivity index (χ3n) is 6.01. The molecule has 1 aliphatic heterocycles. The quantitative estimate of drug-likeness (QED) is 0.206. The lowest BCUT2D eigenvalue weighted by Gasteiger charge is -2.36. The predicted octanol–water partition coefficient (Wildman–Crippen LogP) is 2.84. The van der Waals surface area contributed by atoms with E-state index >= 15 is 0 Å². The van der Waals surface area contributed by atoms with Crippen molar-refractivity contribution >= 4 is 46.1 Å². The van der Waals surface area contributed by atoms with E-state index in [1.165, 1.54) is 0 Å².